The lowest BCUT2D eigenvalue weighted by Gasteiger charge is -2.12. The van der Waals surface area contributed by atoms with Gasteiger partial charge >= 0.3 is 0 Å². The Kier molecular flexibility index (Phi) is 6.55. The third kappa shape index (κ3) is 5.58. The first kappa shape index (κ1) is 19.0. The first-order valence-corrected chi connectivity index (χ1v) is 9.53. The summed E-state index contributed by atoms with van der Waals surface area (Å²) in [4.78, 5) is 12.1. The van der Waals surface area contributed by atoms with Gasteiger partial charge in [-0.1, -0.05) is 24.3 Å². The van der Waals surface area contributed by atoms with Crippen LogP contribution in [0.3, 0.4) is 0 Å². The van der Waals surface area contributed by atoms with Crippen LogP contribution in [0.25, 0.3) is 0 Å². The molecule has 6 nitrogen and oxygen atoms in total. The Morgan fingerprint density at radius 1 is 1.04 bits per heavy atom. The van der Waals surface area contributed by atoms with Gasteiger partial charge in [-0.05, 0) is 56.8 Å². The van der Waals surface area contributed by atoms with Gasteiger partial charge in [-0.15, -0.1) is 0 Å². The molecular formula is C18H23N3O3S. The smallest absolute Gasteiger partial charge is 0.262 e. The molecule has 0 saturated carbocycles. The summed E-state index contributed by atoms with van der Waals surface area (Å²) in [5, 5.41) is 5.72. The van der Waals surface area contributed by atoms with Gasteiger partial charge in [0.05, 0.1) is 4.90 Å². The second-order valence-corrected chi connectivity index (χ2v) is 7.36. The van der Waals surface area contributed by atoms with Gasteiger partial charge < -0.3 is 10.6 Å². The van der Waals surface area contributed by atoms with Gasteiger partial charge in [-0.25, -0.2) is 8.42 Å². The van der Waals surface area contributed by atoms with Crippen LogP contribution in [0.1, 0.15) is 18.4 Å². The Morgan fingerprint density at radius 3 is 2.44 bits per heavy atom. The van der Waals surface area contributed by atoms with E-state index in [0.29, 0.717) is 23.4 Å². The molecule has 0 fully saturated rings. The predicted molar refractivity (Wildman–Crippen MR) is 100 cm³/mol. The van der Waals surface area contributed by atoms with Crippen LogP contribution in [0.5, 0.6) is 0 Å². The van der Waals surface area contributed by atoms with Crippen LogP contribution in [0.15, 0.2) is 53.4 Å². The monoisotopic (exact) mass is 361 g/mol. The third-order valence-corrected chi connectivity index (χ3v) is 5.14. The van der Waals surface area contributed by atoms with Crippen molar-refractivity contribution in [2.75, 3.05) is 23.6 Å². The molecule has 134 valence electrons. The van der Waals surface area contributed by atoms with Crippen molar-refractivity contribution in [3.8, 4) is 0 Å². The Labute approximate surface area is 148 Å². The lowest BCUT2D eigenvalue weighted by molar-refractivity contribution is -0.116. The van der Waals surface area contributed by atoms with Crippen LogP contribution >= 0.6 is 0 Å². The molecular weight excluding hydrogens is 338 g/mol. The second-order valence-electron chi connectivity index (χ2n) is 5.71. The fraction of sp³-hybridized carbons (Fsp3) is 0.278. The molecule has 2 aromatic carbocycles. The molecule has 2 rings (SSSR count). The maximum Gasteiger partial charge on any atom is 0.262 e. The highest BCUT2D eigenvalue weighted by Gasteiger charge is 2.18. The molecule has 0 aliphatic carbocycles. The molecule has 0 bridgehead atoms. The summed E-state index contributed by atoms with van der Waals surface area (Å²) in [5.74, 6) is -0.140. The summed E-state index contributed by atoms with van der Waals surface area (Å²) in [6.45, 7) is 2.47. The second kappa shape index (κ2) is 8.64. The highest BCUT2D eigenvalue weighted by atomic mass is 32.2. The van der Waals surface area contributed by atoms with Crippen molar-refractivity contribution in [2.24, 2.45) is 0 Å². The minimum atomic E-state index is -3.73. The van der Waals surface area contributed by atoms with E-state index in [9.17, 15) is 13.2 Å². The van der Waals surface area contributed by atoms with E-state index in [-0.39, 0.29) is 10.8 Å². The summed E-state index contributed by atoms with van der Waals surface area (Å²) in [6, 6.07) is 13.6. The number of para-hydroxylation sites is 1. The molecule has 0 atom stereocenters. The minimum absolute atomic E-state index is 0.140. The highest BCUT2D eigenvalue weighted by molar-refractivity contribution is 7.92. The molecule has 1 amide bonds. The SMILES string of the molecule is CNCCCC(=O)Nc1ccc(C)c(S(=O)(=O)Nc2ccccc2)c1. The molecule has 3 N–H and O–H groups in total. The van der Waals surface area contributed by atoms with Crippen LogP contribution in [-0.2, 0) is 14.8 Å². The molecule has 0 saturated heterocycles. The quantitative estimate of drug-likeness (QED) is 0.631. The van der Waals surface area contributed by atoms with Crippen molar-refractivity contribution >= 4 is 27.3 Å². The van der Waals surface area contributed by atoms with Crippen molar-refractivity contribution in [3.05, 3.63) is 54.1 Å². The summed E-state index contributed by atoms with van der Waals surface area (Å²) < 4.78 is 27.8. The Balaban J connectivity index is 2.16. The van der Waals surface area contributed by atoms with Gasteiger partial charge in [0.2, 0.25) is 5.91 Å². The average molecular weight is 361 g/mol. The largest absolute Gasteiger partial charge is 0.326 e. The molecule has 2 aromatic rings. The maximum absolute atomic E-state index is 12.6. The number of amides is 1. The first-order chi connectivity index (χ1) is 11.9. The molecule has 0 radical (unpaired) electrons. The molecule has 0 aliphatic rings. The lowest BCUT2D eigenvalue weighted by Crippen LogP contribution is -2.17. The van der Waals surface area contributed by atoms with E-state index in [2.05, 4.69) is 15.4 Å². The molecule has 0 unspecified atom stereocenters. The summed E-state index contributed by atoms with van der Waals surface area (Å²) in [7, 11) is -1.91. The Hall–Kier alpha value is -2.38. The zero-order valence-electron chi connectivity index (χ0n) is 14.4. The molecule has 0 heterocycles. The van der Waals surface area contributed by atoms with E-state index in [1.165, 1.54) is 6.07 Å². The van der Waals surface area contributed by atoms with Crippen LogP contribution in [0.2, 0.25) is 0 Å². The summed E-state index contributed by atoms with van der Waals surface area (Å²) in [6.07, 6.45) is 1.09. The van der Waals surface area contributed by atoms with E-state index in [1.807, 2.05) is 13.1 Å². The number of hydrogen-bond donors (Lipinski definition) is 3. The standard InChI is InChI=1S/C18H23N3O3S/c1-14-10-11-16(20-18(22)9-6-12-19-2)13-17(14)25(23,24)21-15-7-4-3-5-8-15/h3-5,7-8,10-11,13,19,21H,6,9,12H2,1-2H3,(H,20,22). The van der Waals surface area contributed by atoms with Crippen LogP contribution in [0.4, 0.5) is 11.4 Å². The Morgan fingerprint density at radius 2 is 1.76 bits per heavy atom. The number of carbonyl (C=O) groups is 1. The van der Waals surface area contributed by atoms with Crippen molar-refractivity contribution in [2.45, 2.75) is 24.7 Å². The zero-order valence-corrected chi connectivity index (χ0v) is 15.2. The zero-order chi connectivity index (χ0) is 18.3. The normalized spacial score (nSPS) is 11.1. The van der Waals surface area contributed by atoms with Crippen molar-refractivity contribution in [3.63, 3.8) is 0 Å². The summed E-state index contributed by atoms with van der Waals surface area (Å²) >= 11 is 0. The molecule has 0 aliphatic heterocycles. The number of anilines is 2. The lowest BCUT2D eigenvalue weighted by atomic mass is 10.2. The van der Waals surface area contributed by atoms with E-state index < -0.39 is 10.0 Å². The van der Waals surface area contributed by atoms with Gasteiger partial charge in [0, 0.05) is 17.8 Å². The number of aryl methyl sites for hydroxylation is 1. The van der Waals surface area contributed by atoms with Gasteiger partial charge in [-0.3, -0.25) is 9.52 Å². The summed E-state index contributed by atoms with van der Waals surface area (Å²) in [5.41, 5.74) is 1.56. The molecule has 25 heavy (non-hydrogen) atoms. The maximum atomic E-state index is 12.6. The molecule has 0 aromatic heterocycles. The van der Waals surface area contributed by atoms with Gasteiger partial charge in [0.1, 0.15) is 0 Å². The molecule has 0 spiro atoms. The number of benzene rings is 2. The van der Waals surface area contributed by atoms with E-state index >= 15 is 0 Å². The first-order valence-electron chi connectivity index (χ1n) is 8.05. The topological polar surface area (TPSA) is 87.3 Å². The fourth-order valence-corrected chi connectivity index (χ4v) is 3.66. The van der Waals surface area contributed by atoms with Gasteiger partial charge in [0.25, 0.3) is 10.0 Å². The van der Waals surface area contributed by atoms with Crippen LogP contribution < -0.4 is 15.4 Å². The van der Waals surface area contributed by atoms with Gasteiger partial charge in [0.15, 0.2) is 0 Å². The van der Waals surface area contributed by atoms with E-state index in [4.69, 9.17) is 0 Å². The van der Waals surface area contributed by atoms with Crippen molar-refractivity contribution < 1.29 is 13.2 Å². The Bertz CT molecular complexity index is 821. The van der Waals surface area contributed by atoms with Crippen LogP contribution in [0, 0.1) is 6.92 Å². The predicted octanol–water partition coefficient (Wildman–Crippen LogP) is 2.73. The van der Waals surface area contributed by atoms with Crippen LogP contribution in [-0.4, -0.2) is 27.9 Å². The fourth-order valence-electron chi connectivity index (χ4n) is 2.33. The number of carbonyl (C=O) groups excluding carboxylic acids is 1. The van der Waals surface area contributed by atoms with Gasteiger partial charge in [-0.2, -0.15) is 0 Å². The van der Waals surface area contributed by atoms with Crippen molar-refractivity contribution in [1.82, 2.24) is 5.32 Å². The number of nitrogens with one attached hydrogen (secondary N) is 3. The third-order valence-electron chi connectivity index (χ3n) is 3.62. The highest BCUT2D eigenvalue weighted by Crippen LogP contribution is 2.23. The van der Waals surface area contributed by atoms with E-state index in [1.54, 1.807) is 43.3 Å². The minimum Gasteiger partial charge on any atom is -0.326 e. The average Bonchev–Trinajstić information content (AvgIpc) is 2.57. The number of sulfonamides is 1. The van der Waals surface area contributed by atoms with E-state index in [0.717, 1.165) is 13.0 Å². The number of rotatable bonds is 8. The van der Waals surface area contributed by atoms with Crippen molar-refractivity contribution in [1.29, 1.82) is 0 Å². The molecule has 7 heteroatoms. The number of hydrogen-bond acceptors (Lipinski definition) is 4.